The first-order valence-electron chi connectivity index (χ1n) is 18.9. The molecule has 0 amide bonds. The van der Waals surface area contributed by atoms with E-state index in [4.69, 9.17) is 18.9 Å². The van der Waals surface area contributed by atoms with Crippen LogP contribution < -0.4 is 20.0 Å². The number of benzene rings is 2. The second-order valence-electron chi connectivity index (χ2n) is 18.3. The second kappa shape index (κ2) is 20.1. The van der Waals surface area contributed by atoms with Crippen molar-refractivity contribution in [1.29, 1.82) is 0 Å². The smallest absolute Gasteiger partial charge is 0.872 e. The molecule has 51 heavy (non-hydrogen) atoms. The fourth-order valence-electron chi connectivity index (χ4n) is 6.27. The maximum absolute atomic E-state index is 13.7. The van der Waals surface area contributed by atoms with Gasteiger partial charge in [0.2, 0.25) is 0 Å². The molecule has 0 atom stereocenters. The topological polar surface area (TPSA) is 91.9 Å². The largest absolute Gasteiger partial charge is 2.00 e. The Morgan fingerprint density at radius 2 is 0.725 bits per heavy atom. The van der Waals surface area contributed by atoms with Crippen molar-refractivity contribution in [2.45, 2.75) is 118 Å². The maximum atomic E-state index is 13.7. The van der Waals surface area contributed by atoms with Crippen LogP contribution in [0.15, 0.2) is 24.3 Å². The monoisotopic (exact) mass is 738 g/mol. The molecule has 0 radical (unpaired) electrons. The minimum atomic E-state index is -0.229. The standard InChI is InChI=1S/C42H70N2O6.Ca/c1-39(2,3)33-25-31(37(45)35(27-33)41(7,8)9)29-43-13-17-47-21-23-49-19-15-44(16-20-50-24-22-48-18-14-43)30-32-26-34(40(4,5)6)28-36(38(32)46)42(10,11)12;/h25-28,45-46H,13-24,29-30H2,1-12H3;/q;+2. The third-order valence-corrected chi connectivity index (χ3v) is 9.70. The number of hydrogen-bond donors (Lipinski definition) is 2. The fourth-order valence-corrected chi connectivity index (χ4v) is 6.27. The Morgan fingerprint density at radius 1 is 0.451 bits per heavy atom. The summed E-state index contributed by atoms with van der Waals surface area (Å²) in [6.07, 6.45) is 0. The fraction of sp³-hybridized carbons (Fsp3) is 0.714. The zero-order valence-corrected chi connectivity index (χ0v) is 36.6. The number of rotatable bonds is 4. The third-order valence-electron chi connectivity index (χ3n) is 9.70. The predicted octanol–water partition coefficient (Wildman–Crippen LogP) is 3.19. The zero-order chi connectivity index (χ0) is 37.3. The summed E-state index contributed by atoms with van der Waals surface area (Å²) in [4.78, 5) is 2.52. The van der Waals surface area contributed by atoms with Crippen molar-refractivity contribution in [2.24, 2.45) is 0 Å². The van der Waals surface area contributed by atoms with Gasteiger partial charge in [0.15, 0.2) is 0 Å². The molecule has 3 rings (SSSR count). The zero-order valence-electron chi connectivity index (χ0n) is 34.4. The van der Waals surface area contributed by atoms with Gasteiger partial charge >= 0.3 is 37.7 Å². The van der Waals surface area contributed by atoms with E-state index in [1.54, 1.807) is 0 Å². The summed E-state index contributed by atoms with van der Waals surface area (Å²) in [5.74, 6) is 0.306. The van der Waals surface area contributed by atoms with E-state index < -0.39 is 0 Å². The average Bonchev–Trinajstić information content (AvgIpc) is 2.98. The number of nitrogens with one attached hydrogen (secondary N) is 2. The molecule has 0 aliphatic carbocycles. The molecular formula is C42H70CaN2O6+2. The molecule has 2 N–H and O–H groups in total. The van der Waals surface area contributed by atoms with E-state index in [0.717, 1.165) is 48.4 Å². The van der Waals surface area contributed by atoms with Gasteiger partial charge in [0.05, 0.1) is 52.9 Å². The second-order valence-corrected chi connectivity index (χ2v) is 18.3. The molecule has 0 bridgehead atoms. The molecule has 1 heterocycles. The van der Waals surface area contributed by atoms with Crippen LogP contribution in [0.4, 0.5) is 0 Å². The minimum absolute atomic E-state index is 0. The predicted molar refractivity (Wildman–Crippen MR) is 204 cm³/mol. The summed E-state index contributed by atoms with van der Waals surface area (Å²) in [6, 6.07) is 8.46. The van der Waals surface area contributed by atoms with E-state index in [2.05, 4.69) is 107 Å². The Bertz CT molecular complexity index is 1230. The van der Waals surface area contributed by atoms with Crippen LogP contribution in [-0.4, -0.2) is 117 Å². The molecule has 284 valence electrons. The number of quaternary nitrogens is 2. The SMILES string of the molecule is CC(C)(C)c1cc(C[NH+]2CCOCCOCC[NH+](Cc3cc(C(C)(C)C)cc(C(C)(C)C)c3[O-])CCOCCOCC2)c([O-])c(C(C)(C)C)c1.[Ca+2]. The maximum Gasteiger partial charge on any atom is 2.00 e. The van der Waals surface area contributed by atoms with Crippen molar-refractivity contribution in [3.05, 3.63) is 57.6 Å². The minimum Gasteiger partial charge on any atom is -0.872 e. The van der Waals surface area contributed by atoms with Gasteiger partial charge in [-0.15, -0.1) is 0 Å². The van der Waals surface area contributed by atoms with Gasteiger partial charge in [-0.25, -0.2) is 0 Å². The average molecular weight is 739 g/mol. The van der Waals surface area contributed by atoms with Crippen LogP contribution in [0.5, 0.6) is 11.5 Å². The molecule has 1 aliphatic rings. The Hall–Kier alpha value is -0.940. The number of ether oxygens (including phenoxy) is 4. The molecule has 2 aromatic carbocycles. The first-order valence-corrected chi connectivity index (χ1v) is 18.9. The van der Waals surface area contributed by atoms with Gasteiger partial charge in [-0.05, 0) is 55.0 Å². The first kappa shape index (κ1) is 46.2. The summed E-state index contributed by atoms with van der Waals surface area (Å²) in [5.41, 5.74) is 5.31. The molecular weight excluding hydrogens is 669 g/mol. The summed E-state index contributed by atoms with van der Waals surface area (Å²) < 4.78 is 24.1. The van der Waals surface area contributed by atoms with E-state index in [1.165, 1.54) is 20.9 Å². The van der Waals surface area contributed by atoms with E-state index in [0.29, 0.717) is 65.9 Å². The van der Waals surface area contributed by atoms with Crippen LogP contribution in [0.25, 0.3) is 0 Å². The van der Waals surface area contributed by atoms with Gasteiger partial charge in [0.25, 0.3) is 0 Å². The Balaban J connectivity index is 0.00000901. The first-order chi connectivity index (χ1) is 23.2. The molecule has 8 nitrogen and oxygen atoms in total. The molecule has 1 saturated heterocycles. The van der Waals surface area contributed by atoms with E-state index in [9.17, 15) is 10.2 Å². The Morgan fingerprint density at radius 3 is 0.961 bits per heavy atom. The molecule has 1 aliphatic heterocycles. The Kier molecular flexibility index (Phi) is 18.2. The van der Waals surface area contributed by atoms with Crippen molar-refractivity contribution in [3.8, 4) is 11.5 Å². The van der Waals surface area contributed by atoms with Crippen molar-refractivity contribution in [2.75, 3.05) is 79.0 Å². The van der Waals surface area contributed by atoms with E-state index >= 15 is 0 Å². The van der Waals surface area contributed by atoms with Crippen LogP contribution in [0.1, 0.15) is 116 Å². The van der Waals surface area contributed by atoms with Gasteiger partial charge in [-0.2, -0.15) is 0 Å². The van der Waals surface area contributed by atoms with Gasteiger partial charge in [0, 0.05) is 0 Å². The summed E-state index contributed by atoms with van der Waals surface area (Å²) in [7, 11) is 0. The summed E-state index contributed by atoms with van der Waals surface area (Å²) in [6.45, 7) is 34.6. The molecule has 0 aromatic heterocycles. The van der Waals surface area contributed by atoms with Gasteiger partial charge < -0.3 is 39.0 Å². The van der Waals surface area contributed by atoms with Crippen LogP contribution in [0.3, 0.4) is 0 Å². The quantitative estimate of drug-likeness (QED) is 0.469. The molecule has 0 unspecified atom stereocenters. The number of hydrogen-bond acceptors (Lipinski definition) is 6. The van der Waals surface area contributed by atoms with Crippen molar-refractivity contribution in [3.63, 3.8) is 0 Å². The molecule has 0 saturated carbocycles. The molecule has 0 spiro atoms. The normalized spacial score (nSPS) is 20.2. The molecule has 1 fully saturated rings. The van der Waals surface area contributed by atoms with Crippen LogP contribution in [-0.2, 0) is 53.7 Å². The Labute approximate surface area is 340 Å². The van der Waals surface area contributed by atoms with Crippen LogP contribution in [0.2, 0.25) is 0 Å². The van der Waals surface area contributed by atoms with Gasteiger partial charge in [-0.1, -0.05) is 119 Å². The van der Waals surface area contributed by atoms with E-state index in [1.807, 2.05) is 0 Å². The summed E-state index contributed by atoms with van der Waals surface area (Å²) >= 11 is 0. The van der Waals surface area contributed by atoms with Crippen molar-refractivity contribution >= 4 is 37.7 Å². The van der Waals surface area contributed by atoms with E-state index in [-0.39, 0.29) is 70.9 Å². The van der Waals surface area contributed by atoms with Crippen molar-refractivity contribution in [1.82, 2.24) is 0 Å². The summed E-state index contributed by atoms with van der Waals surface area (Å²) in [5, 5.41) is 27.4. The van der Waals surface area contributed by atoms with Crippen LogP contribution in [0, 0.1) is 0 Å². The van der Waals surface area contributed by atoms with Crippen LogP contribution >= 0.6 is 0 Å². The van der Waals surface area contributed by atoms with Gasteiger partial charge in [0.1, 0.15) is 39.3 Å². The van der Waals surface area contributed by atoms with Gasteiger partial charge in [-0.3, -0.25) is 0 Å². The molecule has 9 heteroatoms. The molecule has 2 aromatic rings. The third kappa shape index (κ3) is 15.0. The van der Waals surface area contributed by atoms with Crippen molar-refractivity contribution < 1.29 is 39.0 Å².